The first-order valence-electron chi connectivity index (χ1n) is 5.50. The van der Waals surface area contributed by atoms with E-state index in [4.69, 9.17) is 4.52 Å². The smallest absolute Gasteiger partial charge is 0.167 e. The number of rotatable bonds is 4. The second kappa shape index (κ2) is 6.51. The predicted molar refractivity (Wildman–Crippen MR) is 61.6 cm³/mol. The van der Waals surface area contributed by atoms with E-state index in [0.717, 1.165) is 35.9 Å². The van der Waals surface area contributed by atoms with E-state index in [9.17, 15) is 0 Å². The number of hydrogen-bond donors (Lipinski definition) is 0. The van der Waals surface area contributed by atoms with Crippen LogP contribution in [-0.4, -0.2) is 5.16 Å². The molecule has 0 N–H and O–H groups in total. The van der Waals surface area contributed by atoms with Gasteiger partial charge in [0.25, 0.3) is 0 Å². The molecule has 0 saturated carbocycles. The van der Waals surface area contributed by atoms with Crippen LogP contribution in [0.5, 0.6) is 0 Å². The summed E-state index contributed by atoms with van der Waals surface area (Å²) in [6.07, 6.45) is 3.16. The maximum absolute atomic E-state index is 5.30. The van der Waals surface area contributed by atoms with Crippen LogP contribution >= 0.6 is 0 Å². The van der Waals surface area contributed by atoms with E-state index >= 15 is 0 Å². The number of hydrogen-bond acceptors (Lipinski definition) is 2. The first kappa shape index (κ1) is 13.9. The molecule has 2 nitrogen and oxygen atoms in total. The molecule has 0 aliphatic rings. The summed E-state index contributed by atoms with van der Waals surface area (Å²) in [5.41, 5.74) is 1.95. The number of aromatic nitrogens is 1. The number of para-hydroxylation sites is 1. The third-order valence-electron chi connectivity index (χ3n) is 2.78. The summed E-state index contributed by atoms with van der Waals surface area (Å²) >= 11 is 0. The van der Waals surface area contributed by atoms with E-state index in [1.165, 1.54) is 0 Å². The maximum Gasteiger partial charge on any atom is 0.167 e. The first-order valence-corrected chi connectivity index (χ1v) is 5.50. The zero-order valence-electron chi connectivity index (χ0n) is 9.65. The number of fused-ring (bicyclic) bond motifs is 1. The largest absolute Gasteiger partial charge is 0.356 e. The van der Waals surface area contributed by atoms with E-state index in [2.05, 4.69) is 25.1 Å². The summed E-state index contributed by atoms with van der Waals surface area (Å²) in [4.78, 5) is 0. The van der Waals surface area contributed by atoms with Crippen molar-refractivity contribution in [1.29, 1.82) is 0 Å². The first-order chi connectivity index (χ1) is 7.36. The Labute approximate surface area is 122 Å². The van der Waals surface area contributed by atoms with Crippen LogP contribution in [0.25, 0.3) is 11.0 Å². The van der Waals surface area contributed by atoms with Crippen molar-refractivity contribution in [2.45, 2.75) is 32.1 Å². The molecule has 3 heteroatoms. The normalized spacial score (nSPS) is 12.4. The summed E-state index contributed by atoms with van der Waals surface area (Å²) in [6, 6.07) is 8.02. The predicted octanol–water partition coefficient (Wildman–Crippen LogP) is 3.93. The zero-order chi connectivity index (χ0) is 10.7. The summed E-state index contributed by atoms with van der Waals surface area (Å²) in [7, 11) is 0. The van der Waals surface area contributed by atoms with Crippen molar-refractivity contribution in [2.24, 2.45) is 0 Å². The minimum Gasteiger partial charge on any atom is -0.356 e. The Morgan fingerprint density at radius 3 is 2.81 bits per heavy atom. The fourth-order valence-corrected chi connectivity index (χ4v) is 1.97. The quantitative estimate of drug-likeness (QED) is 0.798. The van der Waals surface area contributed by atoms with Crippen LogP contribution in [0, 0.1) is 6.92 Å². The second-order valence-corrected chi connectivity index (χ2v) is 3.84. The standard InChI is InChI=1S/C13H16NO.Y/c1-3-7-10(4-2)13-11-8-5-6-9-12(11)15-14-13;/h5-6,8-10H,2-4,7H2,1H3;/q-1;. The second-order valence-electron chi connectivity index (χ2n) is 3.84. The van der Waals surface area contributed by atoms with E-state index in [1.54, 1.807) is 0 Å². The fourth-order valence-electron chi connectivity index (χ4n) is 1.97. The van der Waals surface area contributed by atoms with Crippen LogP contribution in [0.4, 0.5) is 0 Å². The van der Waals surface area contributed by atoms with E-state index in [1.807, 2.05) is 18.2 Å². The Morgan fingerprint density at radius 1 is 1.38 bits per heavy atom. The van der Waals surface area contributed by atoms with Crippen molar-refractivity contribution < 1.29 is 37.2 Å². The van der Waals surface area contributed by atoms with Crippen LogP contribution in [0.3, 0.4) is 0 Å². The maximum atomic E-state index is 5.30. The molecule has 16 heavy (non-hydrogen) atoms. The van der Waals surface area contributed by atoms with Gasteiger partial charge >= 0.3 is 0 Å². The van der Waals surface area contributed by atoms with Gasteiger partial charge in [-0.25, -0.2) is 0 Å². The Hall–Kier alpha value is -0.206. The van der Waals surface area contributed by atoms with Gasteiger partial charge in [-0.05, 0) is 24.5 Å². The fraction of sp³-hybridized carbons (Fsp3) is 0.385. The van der Waals surface area contributed by atoms with Gasteiger partial charge < -0.3 is 11.4 Å². The molecule has 1 radical (unpaired) electrons. The molecule has 0 bridgehead atoms. The van der Waals surface area contributed by atoms with Gasteiger partial charge in [-0.2, -0.15) is 6.42 Å². The van der Waals surface area contributed by atoms with Crippen molar-refractivity contribution in [1.82, 2.24) is 5.16 Å². The van der Waals surface area contributed by atoms with Gasteiger partial charge in [0.15, 0.2) is 5.58 Å². The van der Waals surface area contributed by atoms with Crippen LogP contribution in [0.1, 0.15) is 37.8 Å². The summed E-state index contributed by atoms with van der Waals surface area (Å²) < 4.78 is 5.30. The van der Waals surface area contributed by atoms with E-state index in [0.29, 0.717) is 5.92 Å². The minimum atomic E-state index is 0. The average Bonchev–Trinajstić information content (AvgIpc) is 2.70. The Morgan fingerprint density at radius 2 is 2.12 bits per heavy atom. The van der Waals surface area contributed by atoms with Gasteiger partial charge in [-0.3, -0.25) is 0 Å². The average molecular weight is 291 g/mol. The van der Waals surface area contributed by atoms with Gasteiger partial charge in [0, 0.05) is 38.1 Å². The van der Waals surface area contributed by atoms with Crippen molar-refractivity contribution in [3.63, 3.8) is 0 Å². The third-order valence-corrected chi connectivity index (χ3v) is 2.78. The molecule has 0 amide bonds. The van der Waals surface area contributed by atoms with Crippen LogP contribution in [0.2, 0.25) is 0 Å². The summed E-state index contributed by atoms with van der Waals surface area (Å²) in [5.74, 6) is 0.429. The van der Waals surface area contributed by atoms with Crippen LogP contribution in [0.15, 0.2) is 28.8 Å². The molecule has 0 fully saturated rings. The molecule has 0 spiro atoms. The number of benzene rings is 1. The molecular formula is C13H16NOY-. The third kappa shape index (κ3) is 2.72. The molecular weight excluding hydrogens is 275 g/mol. The molecule has 2 aromatic rings. The number of nitrogens with zero attached hydrogens (tertiary/aromatic N) is 1. The monoisotopic (exact) mass is 291 g/mol. The van der Waals surface area contributed by atoms with Crippen molar-refractivity contribution in [2.75, 3.05) is 0 Å². The molecule has 1 unspecified atom stereocenters. The van der Waals surface area contributed by atoms with Gasteiger partial charge in [0.2, 0.25) is 0 Å². The van der Waals surface area contributed by atoms with E-state index in [-0.39, 0.29) is 32.7 Å². The molecule has 1 heterocycles. The van der Waals surface area contributed by atoms with Crippen molar-refractivity contribution in [3.05, 3.63) is 36.9 Å². The SMILES string of the molecule is [CH2-]CC(CCC)c1noc2ccccc12.[Y]. The summed E-state index contributed by atoms with van der Waals surface area (Å²) in [6.45, 7) is 6.17. The zero-order valence-corrected chi connectivity index (χ0v) is 12.5. The van der Waals surface area contributed by atoms with Gasteiger partial charge in [0.05, 0.1) is 5.69 Å². The van der Waals surface area contributed by atoms with Gasteiger partial charge in [-0.15, -0.1) is 0 Å². The molecule has 1 atom stereocenters. The van der Waals surface area contributed by atoms with Crippen LogP contribution in [-0.2, 0) is 32.7 Å². The van der Waals surface area contributed by atoms with Gasteiger partial charge in [0.1, 0.15) is 0 Å². The Bertz CT molecular complexity index is 438. The minimum absolute atomic E-state index is 0. The molecule has 0 saturated heterocycles. The van der Waals surface area contributed by atoms with E-state index < -0.39 is 0 Å². The van der Waals surface area contributed by atoms with Crippen molar-refractivity contribution >= 4 is 11.0 Å². The molecule has 0 aliphatic carbocycles. The van der Waals surface area contributed by atoms with Crippen LogP contribution < -0.4 is 0 Å². The Kier molecular flexibility index (Phi) is 5.64. The summed E-state index contributed by atoms with van der Waals surface area (Å²) in [5, 5.41) is 5.31. The molecule has 2 rings (SSSR count). The molecule has 83 valence electrons. The topological polar surface area (TPSA) is 26.0 Å². The molecule has 1 aromatic carbocycles. The molecule has 0 aliphatic heterocycles. The van der Waals surface area contributed by atoms with Gasteiger partial charge in [-0.1, -0.05) is 30.6 Å². The Balaban J connectivity index is 0.00000128. The van der Waals surface area contributed by atoms with Crippen molar-refractivity contribution in [3.8, 4) is 0 Å². The molecule has 1 aromatic heterocycles.